The average Bonchev–Trinajstić information content (AvgIpc) is 2.67. The molecule has 6 heteroatoms. The number of hydrogen-bond acceptors (Lipinski definition) is 4. The number of alkyl halides is 1. The number of rotatable bonds is 0. The number of carbonyl (C=O) groups is 1. The number of carbonyl (C=O) groups excluding carboxylic acids is 1. The molecular formula is C11H18FNO4. The Kier molecular flexibility index (Phi) is 3.03. The van der Waals surface area contributed by atoms with Gasteiger partial charge in [-0.25, -0.2) is 9.18 Å². The average molecular weight is 247 g/mol. The van der Waals surface area contributed by atoms with Gasteiger partial charge in [0.25, 0.3) is 0 Å². The highest BCUT2D eigenvalue weighted by molar-refractivity contribution is 5.69. The second-order valence-corrected chi connectivity index (χ2v) is 5.50. The number of likely N-dealkylation sites (tertiary alicyclic amines) is 1. The first kappa shape index (κ1) is 12.6. The zero-order valence-electron chi connectivity index (χ0n) is 10.2. The lowest BCUT2D eigenvalue weighted by Crippen LogP contribution is -2.46. The maximum Gasteiger partial charge on any atom is 0.410 e. The van der Waals surface area contributed by atoms with Crippen molar-refractivity contribution in [2.75, 3.05) is 13.2 Å². The van der Waals surface area contributed by atoms with Gasteiger partial charge in [0.2, 0.25) is 0 Å². The van der Waals surface area contributed by atoms with Crippen molar-refractivity contribution in [3.05, 3.63) is 0 Å². The van der Waals surface area contributed by atoms with Crippen molar-refractivity contribution >= 4 is 6.09 Å². The Bertz CT molecular complexity index is 317. The number of aliphatic hydroxyl groups excluding tert-OH is 1. The van der Waals surface area contributed by atoms with Crippen LogP contribution in [0, 0.1) is 0 Å². The minimum absolute atomic E-state index is 0.0645. The summed E-state index contributed by atoms with van der Waals surface area (Å²) in [6.07, 6.45) is -3.42. The molecule has 0 aliphatic carbocycles. The third-order valence-corrected chi connectivity index (χ3v) is 2.91. The summed E-state index contributed by atoms with van der Waals surface area (Å²) in [4.78, 5) is 13.1. The number of fused-ring (bicyclic) bond motifs is 1. The fourth-order valence-corrected chi connectivity index (χ4v) is 2.26. The van der Waals surface area contributed by atoms with Crippen LogP contribution in [0.25, 0.3) is 0 Å². The van der Waals surface area contributed by atoms with Crippen molar-refractivity contribution in [2.45, 2.75) is 50.8 Å². The summed E-state index contributed by atoms with van der Waals surface area (Å²) < 4.78 is 23.9. The van der Waals surface area contributed by atoms with E-state index in [1.165, 1.54) is 4.90 Å². The molecule has 0 bridgehead atoms. The van der Waals surface area contributed by atoms with E-state index in [4.69, 9.17) is 9.47 Å². The quantitative estimate of drug-likeness (QED) is 0.684. The highest BCUT2D eigenvalue weighted by Crippen LogP contribution is 2.32. The van der Waals surface area contributed by atoms with Crippen LogP contribution < -0.4 is 0 Å². The van der Waals surface area contributed by atoms with Crippen LogP contribution in [0.5, 0.6) is 0 Å². The first-order valence-corrected chi connectivity index (χ1v) is 5.73. The molecule has 0 radical (unpaired) electrons. The van der Waals surface area contributed by atoms with Gasteiger partial charge < -0.3 is 14.6 Å². The first-order chi connectivity index (χ1) is 7.79. The molecule has 0 aromatic heterocycles. The normalized spacial score (nSPS) is 37.1. The summed E-state index contributed by atoms with van der Waals surface area (Å²) in [6.45, 7) is 5.21. The lowest BCUT2D eigenvalue weighted by atomic mass is 10.1. The summed E-state index contributed by atoms with van der Waals surface area (Å²) in [5.74, 6) is 0. The van der Waals surface area contributed by atoms with E-state index in [9.17, 15) is 14.3 Å². The number of ether oxygens (including phenoxy) is 2. The Hall–Kier alpha value is -0.880. The van der Waals surface area contributed by atoms with Gasteiger partial charge in [-0.3, -0.25) is 4.90 Å². The summed E-state index contributed by atoms with van der Waals surface area (Å²) >= 11 is 0. The third kappa shape index (κ3) is 2.37. The van der Waals surface area contributed by atoms with Crippen LogP contribution in [0.15, 0.2) is 0 Å². The van der Waals surface area contributed by atoms with E-state index in [1.807, 2.05) is 0 Å². The van der Waals surface area contributed by atoms with E-state index < -0.39 is 36.1 Å². The summed E-state index contributed by atoms with van der Waals surface area (Å²) in [5.41, 5.74) is -0.634. The Labute approximate surface area is 99.5 Å². The smallest absolute Gasteiger partial charge is 0.410 e. The van der Waals surface area contributed by atoms with Crippen LogP contribution in [-0.2, 0) is 9.47 Å². The van der Waals surface area contributed by atoms with Gasteiger partial charge in [-0.15, -0.1) is 0 Å². The highest BCUT2D eigenvalue weighted by Gasteiger charge is 2.53. The fourth-order valence-electron chi connectivity index (χ4n) is 2.26. The maximum absolute atomic E-state index is 13.6. The molecule has 0 aromatic rings. The standard InChI is InChI=1S/C11H18FNO4/c1-11(2,3)17-10(15)13-4-6(12)9-8(13)7(14)5-16-9/h6-9,14H,4-5H2,1-3H3/t6-,7-,8+,9?/m0/s1. The van der Waals surface area contributed by atoms with Crippen molar-refractivity contribution in [3.63, 3.8) is 0 Å². The summed E-state index contributed by atoms with van der Waals surface area (Å²) in [5, 5.41) is 9.69. The first-order valence-electron chi connectivity index (χ1n) is 5.73. The molecule has 0 spiro atoms. The molecule has 2 rings (SSSR count). The third-order valence-electron chi connectivity index (χ3n) is 2.91. The molecule has 98 valence electrons. The van der Waals surface area contributed by atoms with Gasteiger partial charge in [0.1, 0.15) is 24.0 Å². The van der Waals surface area contributed by atoms with Gasteiger partial charge in [-0.2, -0.15) is 0 Å². The number of aliphatic hydroxyl groups is 1. The van der Waals surface area contributed by atoms with Gasteiger partial charge in [-0.05, 0) is 20.8 Å². The topological polar surface area (TPSA) is 59.0 Å². The predicted octanol–water partition coefficient (Wildman–Crippen LogP) is 0.704. The molecule has 17 heavy (non-hydrogen) atoms. The Morgan fingerprint density at radius 2 is 2.18 bits per heavy atom. The summed E-state index contributed by atoms with van der Waals surface area (Å²) in [6, 6.07) is -0.625. The van der Waals surface area contributed by atoms with Crippen LogP contribution in [-0.4, -0.2) is 59.3 Å². The van der Waals surface area contributed by atoms with E-state index in [1.54, 1.807) is 20.8 Å². The lowest BCUT2D eigenvalue weighted by Gasteiger charge is -2.28. The highest BCUT2D eigenvalue weighted by atomic mass is 19.1. The molecule has 0 saturated carbocycles. The molecule has 4 atom stereocenters. The van der Waals surface area contributed by atoms with Crippen molar-refractivity contribution in [1.82, 2.24) is 4.90 Å². The molecule has 0 aromatic carbocycles. The van der Waals surface area contributed by atoms with E-state index >= 15 is 0 Å². The van der Waals surface area contributed by atoms with Crippen LogP contribution in [0.4, 0.5) is 9.18 Å². The maximum atomic E-state index is 13.6. The number of nitrogens with zero attached hydrogens (tertiary/aromatic N) is 1. The van der Waals surface area contributed by atoms with E-state index in [-0.39, 0.29) is 13.2 Å². The van der Waals surface area contributed by atoms with Crippen LogP contribution in [0.1, 0.15) is 20.8 Å². The van der Waals surface area contributed by atoms with E-state index in [0.29, 0.717) is 0 Å². The molecule has 1 amide bonds. The van der Waals surface area contributed by atoms with Crippen LogP contribution >= 0.6 is 0 Å². The number of hydrogen-bond donors (Lipinski definition) is 1. The predicted molar refractivity (Wildman–Crippen MR) is 57.4 cm³/mol. The second kappa shape index (κ2) is 4.10. The van der Waals surface area contributed by atoms with E-state index in [0.717, 1.165) is 0 Å². The molecule has 2 fully saturated rings. The zero-order valence-corrected chi connectivity index (χ0v) is 10.2. The minimum Gasteiger partial charge on any atom is -0.444 e. The number of halogens is 1. The van der Waals surface area contributed by atoms with Crippen molar-refractivity contribution in [1.29, 1.82) is 0 Å². The van der Waals surface area contributed by atoms with Gasteiger partial charge >= 0.3 is 6.09 Å². The van der Waals surface area contributed by atoms with Gasteiger partial charge in [0.15, 0.2) is 0 Å². The molecular weight excluding hydrogens is 229 g/mol. The molecule has 2 saturated heterocycles. The summed E-state index contributed by atoms with van der Waals surface area (Å²) in [7, 11) is 0. The molecule has 1 unspecified atom stereocenters. The zero-order chi connectivity index (χ0) is 12.8. The Morgan fingerprint density at radius 3 is 2.76 bits per heavy atom. The SMILES string of the molecule is CC(C)(C)OC(=O)N1C[C@H](F)C2OC[C@H](O)[C@H]21. The second-order valence-electron chi connectivity index (χ2n) is 5.50. The molecule has 2 heterocycles. The van der Waals surface area contributed by atoms with Crippen molar-refractivity contribution in [2.24, 2.45) is 0 Å². The molecule has 1 N–H and O–H groups in total. The van der Waals surface area contributed by atoms with Gasteiger partial charge in [0, 0.05) is 0 Å². The number of amides is 1. The van der Waals surface area contributed by atoms with Crippen molar-refractivity contribution < 1.29 is 23.8 Å². The monoisotopic (exact) mass is 247 g/mol. The van der Waals surface area contributed by atoms with E-state index in [2.05, 4.69) is 0 Å². The van der Waals surface area contributed by atoms with Gasteiger partial charge in [0.05, 0.1) is 19.2 Å². The van der Waals surface area contributed by atoms with Crippen molar-refractivity contribution in [3.8, 4) is 0 Å². The van der Waals surface area contributed by atoms with Crippen LogP contribution in [0.2, 0.25) is 0 Å². The molecule has 2 aliphatic heterocycles. The Balaban J connectivity index is 2.08. The van der Waals surface area contributed by atoms with Gasteiger partial charge in [-0.1, -0.05) is 0 Å². The minimum atomic E-state index is -1.26. The fraction of sp³-hybridized carbons (Fsp3) is 0.909. The molecule has 2 aliphatic rings. The lowest BCUT2D eigenvalue weighted by molar-refractivity contribution is 0.00976. The molecule has 5 nitrogen and oxygen atoms in total. The largest absolute Gasteiger partial charge is 0.444 e. The Morgan fingerprint density at radius 1 is 1.53 bits per heavy atom. The van der Waals surface area contributed by atoms with Crippen LogP contribution in [0.3, 0.4) is 0 Å².